The summed E-state index contributed by atoms with van der Waals surface area (Å²) in [7, 11) is 0. The van der Waals surface area contributed by atoms with E-state index in [2.05, 4.69) is 16.1 Å². The van der Waals surface area contributed by atoms with Crippen LogP contribution in [0.15, 0.2) is 12.7 Å². The maximum Gasteiger partial charge on any atom is 0.509 e. The molecule has 0 spiro atoms. The minimum absolute atomic E-state index is 0.161. The van der Waals surface area contributed by atoms with Crippen molar-refractivity contribution < 1.29 is 14.3 Å². The highest BCUT2D eigenvalue weighted by atomic mass is 35.5. The van der Waals surface area contributed by atoms with Gasteiger partial charge >= 0.3 is 6.16 Å². The van der Waals surface area contributed by atoms with E-state index in [0.717, 1.165) is 19.3 Å². The minimum atomic E-state index is -0.705. The number of rotatable bonds is 6. The van der Waals surface area contributed by atoms with E-state index in [1.165, 1.54) is 0 Å². The van der Waals surface area contributed by atoms with Crippen molar-refractivity contribution in [3.63, 3.8) is 0 Å². The first-order valence-corrected chi connectivity index (χ1v) is 4.31. The van der Waals surface area contributed by atoms with E-state index in [4.69, 9.17) is 11.6 Å². The van der Waals surface area contributed by atoms with Crippen molar-refractivity contribution in [3.05, 3.63) is 12.7 Å². The van der Waals surface area contributed by atoms with E-state index in [1.54, 1.807) is 0 Å². The summed E-state index contributed by atoms with van der Waals surface area (Å²) in [4.78, 5) is 10.5. The minimum Gasteiger partial charge on any atom is -0.434 e. The third-order valence-corrected chi connectivity index (χ3v) is 1.30. The molecular weight excluding hydrogens is 180 g/mol. The Bertz CT molecular complexity index is 136. The molecule has 0 saturated heterocycles. The standard InChI is InChI=1S/C8H13ClO3/c1-2-3-4-5-6-11-8(10)12-7-9/h2H,1,3-7H2. The molecule has 12 heavy (non-hydrogen) atoms. The molecule has 0 aliphatic carbocycles. The average molecular weight is 193 g/mol. The molecule has 3 nitrogen and oxygen atoms in total. The highest BCUT2D eigenvalue weighted by molar-refractivity contribution is 6.17. The summed E-state index contributed by atoms with van der Waals surface area (Å²) in [6, 6.07) is -0.161. The molecule has 0 aromatic heterocycles. The van der Waals surface area contributed by atoms with Crippen LogP contribution in [0.1, 0.15) is 19.3 Å². The van der Waals surface area contributed by atoms with Gasteiger partial charge in [-0.3, -0.25) is 0 Å². The van der Waals surface area contributed by atoms with Gasteiger partial charge in [0.1, 0.15) is 0 Å². The molecule has 0 fully saturated rings. The maximum atomic E-state index is 10.5. The molecule has 0 unspecified atom stereocenters. The van der Waals surface area contributed by atoms with Crippen molar-refractivity contribution >= 4 is 17.8 Å². The van der Waals surface area contributed by atoms with Gasteiger partial charge in [0.15, 0.2) is 6.07 Å². The molecule has 0 saturated carbocycles. The van der Waals surface area contributed by atoms with Crippen LogP contribution in [-0.2, 0) is 9.47 Å². The van der Waals surface area contributed by atoms with E-state index in [0.29, 0.717) is 6.61 Å². The molecule has 0 aromatic rings. The van der Waals surface area contributed by atoms with Crippen molar-refractivity contribution in [2.24, 2.45) is 0 Å². The Morgan fingerprint density at radius 2 is 2.17 bits per heavy atom. The van der Waals surface area contributed by atoms with Crippen molar-refractivity contribution in [2.75, 3.05) is 12.7 Å². The van der Waals surface area contributed by atoms with Crippen LogP contribution in [0, 0.1) is 0 Å². The van der Waals surface area contributed by atoms with Gasteiger partial charge < -0.3 is 9.47 Å². The van der Waals surface area contributed by atoms with E-state index in [9.17, 15) is 4.79 Å². The number of alkyl halides is 1. The van der Waals surface area contributed by atoms with Crippen molar-refractivity contribution in [3.8, 4) is 0 Å². The summed E-state index contributed by atoms with van der Waals surface area (Å²) < 4.78 is 8.98. The Hall–Kier alpha value is -0.700. The quantitative estimate of drug-likeness (QED) is 0.281. The summed E-state index contributed by atoms with van der Waals surface area (Å²) >= 11 is 5.12. The Balaban J connectivity index is 3.08. The van der Waals surface area contributed by atoms with Gasteiger partial charge in [-0.2, -0.15) is 0 Å². The second-order valence-electron chi connectivity index (χ2n) is 2.14. The van der Waals surface area contributed by atoms with Gasteiger partial charge in [-0.05, 0) is 19.3 Å². The molecule has 0 aliphatic rings. The predicted octanol–water partition coefficient (Wildman–Crippen LogP) is 2.69. The molecule has 0 N–H and O–H groups in total. The van der Waals surface area contributed by atoms with Gasteiger partial charge in [0.2, 0.25) is 0 Å². The zero-order chi connectivity index (χ0) is 9.23. The van der Waals surface area contributed by atoms with Gasteiger partial charge in [-0.25, -0.2) is 4.79 Å². The van der Waals surface area contributed by atoms with Gasteiger partial charge in [-0.15, -0.1) is 6.58 Å². The largest absolute Gasteiger partial charge is 0.509 e. The van der Waals surface area contributed by atoms with E-state index >= 15 is 0 Å². The summed E-state index contributed by atoms with van der Waals surface area (Å²) in [6.07, 6.45) is 3.86. The fourth-order valence-corrected chi connectivity index (χ4v) is 0.722. The zero-order valence-corrected chi connectivity index (χ0v) is 7.68. The van der Waals surface area contributed by atoms with Gasteiger partial charge in [0.25, 0.3) is 0 Å². The summed E-state index contributed by atoms with van der Waals surface area (Å²) in [5.41, 5.74) is 0. The molecule has 0 heterocycles. The molecule has 0 rings (SSSR count). The second-order valence-corrected chi connectivity index (χ2v) is 2.35. The predicted molar refractivity (Wildman–Crippen MR) is 47.2 cm³/mol. The fourth-order valence-electron chi connectivity index (χ4n) is 0.632. The molecule has 0 radical (unpaired) electrons. The Morgan fingerprint density at radius 3 is 2.75 bits per heavy atom. The molecule has 0 amide bonds. The highest BCUT2D eigenvalue weighted by Crippen LogP contribution is 1.97. The first-order chi connectivity index (χ1) is 5.81. The number of halogens is 1. The number of carbonyl (C=O) groups excluding carboxylic acids is 1. The molecular formula is C8H13ClO3. The Labute approximate surface area is 77.3 Å². The molecule has 0 aromatic carbocycles. The van der Waals surface area contributed by atoms with Gasteiger partial charge in [0, 0.05) is 0 Å². The number of hydrogen-bond donors (Lipinski definition) is 0. The number of unbranched alkanes of at least 4 members (excludes halogenated alkanes) is 2. The third-order valence-electron chi connectivity index (χ3n) is 1.19. The third kappa shape index (κ3) is 7.41. The Morgan fingerprint density at radius 1 is 1.42 bits per heavy atom. The summed E-state index contributed by atoms with van der Waals surface area (Å²) in [5.74, 6) is 0. The molecule has 4 heteroatoms. The SMILES string of the molecule is C=CCCCCOC(=O)OCCl. The van der Waals surface area contributed by atoms with E-state index < -0.39 is 6.16 Å². The van der Waals surface area contributed by atoms with E-state index in [-0.39, 0.29) is 6.07 Å². The van der Waals surface area contributed by atoms with Gasteiger partial charge in [0.05, 0.1) is 6.61 Å². The topological polar surface area (TPSA) is 35.5 Å². The lowest BCUT2D eigenvalue weighted by atomic mass is 10.2. The van der Waals surface area contributed by atoms with Crippen LogP contribution < -0.4 is 0 Å². The lowest BCUT2D eigenvalue weighted by molar-refractivity contribution is 0.0666. The van der Waals surface area contributed by atoms with Crippen LogP contribution in [0.4, 0.5) is 4.79 Å². The Kier molecular flexibility index (Phi) is 7.91. The second kappa shape index (κ2) is 8.40. The number of carbonyl (C=O) groups is 1. The smallest absolute Gasteiger partial charge is 0.434 e. The molecule has 70 valence electrons. The summed E-state index contributed by atoms with van der Waals surface area (Å²) in [6.45, 7) is 3.95. The lowest BCUT2D eigenvalue weighted by Gasteiger charge is -2.02. The monoisotopic (exact) mass is 192 g/mol. The molecule has 0 bridgehead atoms. The first kappa shape index (κ1) is 11.3. The average Bonchev–Trinajstić information content (AvgIpc) is 2.05. The summed E-state index contributed by atoms with van der Waals surface area (Å²) in [5, 5.41) is 0. The van der Waals surface area contributed by atoms with Gasteiger partial charge in [-0.1, -0.05) is 17.7 Å². The fraction of sp³-hybridized carbons (Fsp3) is 0.625. The number of hydrogen-bond acceptors (Lipinski definition) is 3. The molecule has 0 aliphatic heterocycles. The van der Waals surface area contributed by atoms with Crippen molar-refractivity contribution in [1.29, 1.82) is 0 Å². The lowest BCUT2D eigenvalue weighted by Crippen LogP contribution is -2.07. The first-order valence-electron chi connectivity index (χ1n) is 3.77. The van der Waals surface area contributed by atoms with Crippen LogP contribution in [0.2, 0.25) is 0 Å². The van der Waals surface area contributed by atoms with Crippen LogP contribution in [-0.4, -0.2) is 18.8 Å². The number of ether oxygens (including phenoxy) is 2. The van der Waals surface area contributed by atoms with Crippen LogP contribution >= 0.6 is 11.6 Å². The number of allylic oxidation sites excluding steroid dienone is 1. The molecule has 0 atom stereocenters. The van der Waals surface area contributed by atoms with Crippen LogP contribution in [0.25, 0.3) is 0 Å². The normalized spacial score (nSPS) is 9.08. The van der Waals surface area contributed by atoms with Crippen LogP contribution in [0.3, 0.4) is 0 Å². The van der Waals surface area contributed by atoms with Crippen molar-refractivity contribution in [2.45, 2.75) is 19.3 Å². The zero-order valence-electron chi connectivity index (χ0n) is 6.92. The highest BCUT2D eigenvalue weighted by Gasteiger charge is 2.00. The van der Waals surface area contributed by atoms with Crippen LogP contribution in [0.5, 0.6) is 0 Å². The van der Waals surface area contributed by atoms with E-state index in [1.807, 2.05) is 6.08 Å². The maximum absolute atomic E-state index is 10.5. The van der Waals surface area contributed by atoms with Crippen molar-refractivity contribution in [1.82, 2.24) is 0 Å².